The summed E-state index contributed by atoms with van der Waals surface area (Å²) < 4.78 is 22.5. The molecule has 0 spiro atoms. The van der Waals surface area contributed by atoms with Crippen LogP contribution in [0.15, 0.2) is 0 Å². The van der Waals surface area contributed by atoms with Crippen molar-refractivity contribution in [1.29, 1.82) is 0 Å². The zero-order chi connectivity index (χ0) is 10.2. The van der Waals surface area contributed by atoms with E-state index in [1.54, 1.807) is 0 Å². The Morgan fingerprint density at radius 1 is 1.38 bits per heavy atom. The molecule has 4 heteroatoms. The lowest BCUT2D eigenvalue weighted by molar-refractivity contribution is 0.589. The molecule has 0 aromatic carbocycles. The van der Waals surface area contributed by atoms with E-state index in [2.05, 4.69) is 11.2 Å². The first-order valence-electron chi connectivity index (χ1n) is 4.47. The third-order valence-electron chi connectivity index (χ3n) is 1.63. The van der Waals surface area contributed by atoms with Crippen LogP contribution >= 0.6 is 0 Å². The van der Waals surface area contributed by atoms with Crippen LogP contribution in [-0.2, 0) is 9.84 Å². The molecule has 0 aliphatic rings. The second kappa shape index (κ2) is 6.93. The number of terminal acetylenes is 1. The van der Waals surface area contributed by atoms with Gasteiger partial charge < -0.3 is 5.32 Å². The molecule has 0 bridgehead atoms. The van der Waals surface area contributed by atoms with Gasteiger partial charge in [-0.1, -0.05) is 19.3 Å². The van der Waals surface area contributed by atoms with Crippen LogP contribution in [0.3, 0.4) is 0 Å². The van der Waals surface area contributed by atoms with Crippen LogP contribution in [0, 0.1) is 12.3 Å². The van der Waals surface area contributed by atoms with Gasteiger partial charge in [-0.25, -0.2) is 8.42 Å². The van der Waals surface area contributed by atoms with Crippen molar-refractivity contribution in [2.75, 3.05) is 24.6 Å². The highest BCUT2D eigenvalue weighted by Crippen LogP contribution is 1.95. The first-order valence-corrected chi connectivity index (χ1v) is 6.29. The summed E-state index contributed by atoms with van der Waals surface area (Å²) in [4.78, 5) is 0. The SMILES string of the molecule is C#CCNCCS(=O)(=O)CCCC. The fourth-order valence-corrected chi connectivity index (χ4v) is 2.24. The molecular weight excluding hydrogens is 186 g/mol. The molecule has 0 saturated carbocycles. The Hall–Kier alpha value is -0.530. The summed E-state index contributed by atoms with van der Waals surface area (Å²) in [6.07, 6.45) is 6.66. The topological polar surface area (TPSA) is 46.2 Å². The summed E-state index contributed by atoms with van der Waals surface area (Å²) in [6, 6.07) is 0. The molecule has 3 nitrogen and oxygen atoms in total. The first-order chi connectivity index (χ1) is 6.12. The van der Waals surface area contributed by atoms with Gasteiger partial charge in [0.15, 0.2) is 9.84 Å². The lowest BCUT2D eigenvalue weighted by Gasteiger charge is -2.02. The summed E-state index contributed by atoms with van der Waals surface area (Å²) in [7, 11) is -2.86. The third-order valence-corrected chi connectivity index (χ3v) is 3.36. The maximum atomic E-state index is 11.3. The van der Waals surface area contributed by atoms with Crippen LogP contribution in [0.2, 0.25) is 0 Å². The molecule has 0 fully saturated rings. The normalized spacial score (nSPS) is 11.1. The van der Waals surface area contributed by atoms with Gasteiger partial charge in [0.2, 0.25) is 0 Å². The Labute approximate surface area is 80.8 Å². The predicted molar refractivity (Wildman–Crippen MR) is 55.3 cm³/mol. The maximum Gasteiger partial charge on any atom is 0.151 e. The van der Waals surface area contributed by atoms with Gasteiger partial charge in [-0.15, -0.1) is 6.42 Å². The highest BCUT2D eigenvalue weighted by Gasteiger charge is 2.08. The van der Waals surface area contributed by atoms with Crippen LogP contribution < -0.4 is 5.32 Å². The van der Waals surface area contributed by atoms with Crippen LogP contribution in [0.25, 0.3) is 0 Å². The van der Waals surface area contributed by atoms with E-state index in [-0.39, 0.29) is 5.75 Å². The summed E-state index contributed by atoms with van der Waals surface area (Å²) >= 11 is 0. The van der Waals surface area contributed by atoms with E-state index in [0.717, 1.165) is 12.8 Å². The van der Waals surface area contributed by atoms with Gasteiger partial charge in [-0.3, -0.25) is 0 Å². The van der Waals surface area contributed by atoms with Crippen LogP contribution in [0.5, 0.6) is 0 Å². The Balaban J connectivity index is 3.59. The molecule has 76 valence electrons. The Bertz CT molecular complexity index is 251. The minimum absolute atomic E-state index is 0.189. The molecule has 0 aliphatic heterocycles. The quantitative estimate of drug-likeness (QED) is 0.482. The van der Waals surface area contributed by atoms with E-state index in [4.69, 9.17) is 6.42 Å². The number of hydrogen-bond acceptors (Lipinski definition) is 3. The molecule has 0 aromatic heterocycles. The third kappa shape index (κ3) is 7.82. The largest absolute Gasteiger partial charge is 0.305 e. The van der Waals surface area contributed by atoms with Crippen molar-refractivity contribution in [1.82, 2.24) is 5.32 Å². The molecule has 0 saturated heterocycles. The van der Waals surface area contributed by atoms with Gasteiger partial charge >= 0.3 is 0 Å². The van der Waals surface area contributed by atoms with Crippen molar-refractivity contribution in [2.45, 2.75) is 19.8 Å². The van der Waals surface area contributed by atoms with Gasteiger partial charge in [-0.05, 0) is 6.42 Å². The average Bonchev–Trinajstić information content (AvgIpc) is 2.09. The molecule has 0 aromatic rings. The standard InChI is InChI=1S/C9H17NO2S/c1-3-5-8-13(11,12)9-7-10-6-4-2/h2,10H,3,5-9H2,1H3. The smallest absolute Gasteiger partial charge is 0.151 e. The van der Waals surface area contributed by atoms with Crippen molar-refractivity contribution in [3.8, 4) is 12.3 Å². The van der Waals surface area contributed by atoms with E-state index in [1.165, 1.54) is 0 Å². The number of rotatable bonds is 7. The molecule has 0 amide bonds. The Morgan fingerprint density at radius 2 is 2.08 bits per heavy atom. The van der Waals surface area contributed by atoms with E-state index in [1.807, 2.05) is 6.92 Å². The second-order valence-corrected chi connectivity index (χ2v) is 5.19. The highest BCUT2D eigenvalue weighted by atomic mass is 32.2. The average molecular weight is 203 g/mol. The van der Waals surface area contributed by atoms with Gasteiger partial charge in [-0.2, -0.15) is 0 Å². The van der Waals surface area contributed by atoms with E-state index in [0.29, 0.717) is 18.8 Å². The molecule has 0 aliphatic carbocycles. The summed E-state index contributed by atoms with van der Waals surface area (Å²) in [5.74, 6) is 2.87. The van der Waals surface area contributed by atoms with Gasteiger partial charge in [0.05, 0.1) is 18.1 Å². The van der Waals surface area contributed by atoms with Crippen LogP contribution in [0.1, 0.15) is 19.8 Å². The molecule has 13 heavy (non-hydrogen) atoms. The minimum atomic E-state index is -2.86. The summed E-state index contributed by atoms with van der Waals surface area (Å²) in [6.45, 7) is 2.87. The van der Waals surface area contributed by atoms with E-state index >= 15 is 0 Å². The molecule has 0 atom stereocenters. The number of sulfone groups is 1. The number of unbranched alkanes of at least 4 members (excludes halogenated alkanes) is 1. The summed E-state index contributed by atoms with van der Waals surface area (Å²) in [5.41, 5.74) is 0. The van der Waals surface area contributed by atoms with E-state index in [9.17, 15) is 8.42 Å². The number of hydrogen-bond donors (Lipinski definition) is 1. The fourth-order valence-electron chi connectivity index (χ4n) is 0.855. The Kier molecular flexibility index (Phi) is 6.65. The number of nitrogens with one attached hydrogen (secondary N) is 1. The second-order valence-electron chi connectivity index (χ2n) is 2.89. The van der Waals surface area contributed by atoms with Crippen molar-refractivity contribution < 1.29 is 8.42 Å². The maximum absolute atomic E-state index is 11.3. The molecule has 0 unspecified atom stereocenters. The molecular formula is C9H17NO2S. The summed E-state index contributed by atoms with van der Waals surface area (Å²) in [5, 5.41) is 2.85. The minimum Gasteiger partial charge on any atom is -0.305 e. The van der Waals surface area contributed by atoms with Gasteiger partial charge in [0.25, 0.3) is 0 Å². The van der Waals surface area contributed by atoms with E-state index < -0.39 is 9.84 Å². The molecule has 1 N–H and O–H groups in total. The lowest BCUT2D eigenvalue weighted by Crippen LogP contribution is -2.24. The zero-order valence-electron chi connectivity index (χ0n) is 8.04. The monoisotopic (exact) mass is 203 g/mol. The predicted octanol–water partition coefficient (Wildman–Crippen LogP) is 0.424. The molecule has 0 radical (unpaired) electrons. The van der Waals surface area contributed by atoms with Crippen molar-refractivity contribution in [2.24, 2.45) is 0 Å². The molecule has 0 rings (SSSR count). The van der Waals surface area contributed by atoms with Crippen molar-refractivity contribution >= 4 is 9.84 Å². The molecule has 0 heterocycles. The highest BCUT2D eigenvalue weighted by molar-refractivity contribution is 7.91. The fraction of sp³-hybridized carbons (Fsp3) is 0.778. The van der Waals surface area contributed by atoms with Gasteiger partial charge in [0, 0.05) is 6.54 Å². The van der Waals surface area contributed by atoms with Crippen molar-refractivity contribution in [3.63, 3.8) is 0 Å². The van der Waals surface area contributed by atoms with Crippen LogP contribution in [0.4, 0.5) is 0 Å². The Morgan fingerprint density at radius 3 is 2.62 bits per heavy atom. The van der Waals surface area contributed by atoms with Crippen molar-refractivity contribution in [3.05, 3.63) is 0 Å². The zero-order valence-corrected chi connectivity index (χ0v) is 8.86. The van der Waals surface area contributed by atoms with Gasteiger partial charge in [0.1, 0.15) is 0 Å². The lowest BCUT2D eigenvalue weighted by atomic mass is 10.4. The van der Waals surface area contributed by atoms with Crippen LogP contribution in [-0.4, -0.2) is 33.0 Å². The first kappa shape index (κ1) is 12.5.